The number of aldehydes is 1. The summed E-state index contributed by atoms with van der Waals surface area (Å²) in [5.41, 5.74) is 1.48. The molecule has 0 amide bonds. The Morgan fingerprint density at radius 2 is 2.25 bits per heavy atom. The Balaban J connectivity index is 2.88. The van der Waals surface area contributed by atoms with Gasteiger partial charge in [-0.3, -0.25) is 4.79 Å². The Labute approximate surface area is 101 Å². The van der Waals surface area contributed by atoms with Crippen LogP contribution >= 0.6 is 11.6 Å². The van der Waals surface area contributed by atoms with Crippen LogP contribution < -0.4 is 4.90 Å². The lowest BCUT2D eigenvalue weighted by Gasteiger charge is -2.26. The molecule has 0 aliphatic heterocycles. The Morgan fingerprint density at radius 1 is 1.56 bits per heavy atom. The maximum Gasteiger partial charge on any atom is 0.151 e. The number of hydrogen-bond acceptors (Lipinski definition) is 3. The highest BCUT2D eigenvalue weighted by Gasteiger charge is 2.11. The van der Waals surface area contributed by atoms with Gasteiger partial charge in [-0.05, 0) is 25.1 Å². The minimum absolute atomic E-state index is 0.253. The molecule has 1 unspecified atom stereocenters. The highest BCUT2D eigenvalue weighted by Crippen LogP contribution is 2.23. The molecule has 0 saturated heterocycles. The van der Waals surface area contributed by atoms with Crippen LogP contribution in [0.2, 0.25) is 5.02 Å². The molecule has 0 saturated carbocycles. The molecule has 0 heterocycles. The molecule has 1 atom stereocenters. The molecule has 0 fully saturated rings. The van der Waals surface area contributed by atoms with Crippen molar-refractivity contribution < 1.29 is 9.53 Å². The van der Waals surface area contributed by atoms with Crippen molar-refractivity contribution in [2.75, 3.05) is 25.7 Å². The van der Waals surface area contributed by atoms with Crippen molar-refractivity contribution in [3.63, 3.8) is 0 Å². The second kappa shape index (κ2) is 5.87. The molecule has 4 heteroatoms. The number of halogens is 1. The summed E-state index contributed by atoms with van der Waals surface area (Å²) in [5, 5.41) is 0.476. The highest BCUT2D eigenvalue weighted by molar-refractivity contribution is 6.33. The van der Waals surface area contributed by atoms with Crippen molar-refractivity contribution in [2.45, 2.75) is 13.0 Å². The molecule has 1 aromatic rings. The van der Waals surface area contributed by atoms with Crippen LogP contribution in [-0.2, 0) is 4.74 Å². The van der Waals surface area contributed by atoms with E-state index in [4.69, 9.17) is 16.3 Å². The van der Waals surface area contributed by atoms with E-state index in [-0.39, 0.29) is 6.04 Å². The van der Waals surface area contributed by atoms with Gasteiger partial charge in [-0.25, -0.2) is 0 Å². The summed E-state index contributed by atoms with van der Waals surface area (Å²) in [5.74, 6) is 0. The van der Waals surface area contributed by atoms with Crippen LogP contribution in [0.3, 0.4) is 0 Å². The quantitative estimate of drug-likeness (QED) is 0.743. The topological polar surface area (TPSA) is 29.5 Å². The summed E-state index contributed by atoms with van der Waals surface area (Å²) in [6.45, 7) is 2.70. The molecular weight excluding hydrogens is 226 g/mol. The number of rotatable bonds is 5. The second-order valence-corrected chi connectivity index (χ2v) is 4.15. The van der Waals surface area contributed by atoms with Gasteiger partial charge in [0.1, 0.15) is 0 Å². The van der Waals surface area contributed by atoms with Crippen molar-refractivity contribution in [3.05, 3.63) is 28.8 Å². The molecule has 1 aromatic carbocycles. The summed E-state index contributed by atoms with van der Waals surface area (Å²) in [6, 6.07) is 5.64. The molecule has 16 heavy (non-hydrogen) atoms. The van der Waals surface area contributed by atoms with Crippen LogP contribution in [0.25, 0.3) is 0 Å². The van der Waals surface area contributed by atoms with Gasteiger partial charge in [0.2, 0.25) is 0 Å². The van der Waals surface area contributed by atoms with Crippen molar-refractivity contribution in [2.24, 2.45) is 0 Å². The fourth-order valence-electron chi connectivity index (χ4n) is 1.44. The van der Waals surface area contributed by atoms with Gasteiger partial charge >= 0.3 is 0 Å². The van der Waals surface area contributed by atoms with Gasteiger partial charge in [0.15, 0.2) is 6.29 Å². The summed E-state index contributed by atoms with van der Waals surface area (Å²) < 4.78 is 5.09. The second-order valence-electron chi connectivity index (χ2n) is 3.74. The normalized spacial score (nSPS) is 12.2. The first-order chi connectivity index (χ1) is 7.60. The minimum Gasteiger partial charge on any atom is -0.383 e. The summed E-state index contributed by atoms with van der Waals surface area (Å²) in [6.07, 6.45) is 0.755. The minimum atomic E-state index is 0.253. The van der Waals surface area contributed by atoms with E-state index in [1.807, 2.05) is 13.1 Å². The largest absolute Gasteiger partial charge is 0.383 e. The number of anilines is 1. The first kappa shape index (κ1) is 13.0. The zero-order valence-corrected chi connectivity index (χ0v) is 10.5. The molecule has 0 aromatic heterocycles. The van der Waals surface area contributed by atoms with Crippen molar-refractivity contribution in [1.29, 1.82) is 0 Å². The van der Waals surface area contributed by atoms with Gasteiger partial charge in [-0.2, -0.15) is 0 Å². The van der Waals surface area contributed by atoms with E-state index in [1.165, 1.54) is 0 Å². The lowest BCUT2D eigenvalue weighted by Crippen LogP contribution is -2.32. The third-order valence-electron chi connectivity index (χ3n) is 2.59. The Bertz CT molecular complexity index is 368. The number of carbonyl (C=O) groups excluding carboxylic acids is 1. The molecule has 0 spiro atoms. The van der Waals surface area contributed by atoms with Gasteiger partial charge in [-0.15, -0.1) is 0 Å². The number of hydrogen-bond donors (Lipinski definition) is 0. The van der Waals surface area contributed by atoms with Crippen LogP contribution in [0.15, 0.2) is 18.2 Å². The van der Waals surface area contributed by atoms with Crippen molar-refractivity contribution in [3.8, 4) is 0 Å². The van der Waals surface area contributed by atoms with Crippen molar-refractivity contribution >= 4 is 23.6 Å². The SMILES string of the molecule is COCC(C)N(C)c1ccc(C=O)c(Cl)c1. The molecule has 0 aliphatic rings. The van der Waals surface area contributed by atoms with E-state index in [2.05, 4.69) is 11.8 Å². The highest BCUT2D eigenvalue weighted by atomic mass is 35.5. The van der Waals surface area contributed by atoms with Gasteiger partial charge in [0.25, 0.3) is 0 Å². The Morgan fingerprint density at radius 3 is 2.75 bits per heavy atom. The van der Waals surface area contributed by atoms with E-state index in [9.17, 15) is 4.79 Å². The standard InChI is InChI=1S/C12H16ClNO2/c1-9(8-16-3)14(2)11-5-4-10(7-15)12(13)6-11/h4-7,9H,8H2,1-3H3. The van der Waals surface area contributed by atoms with E-state index in [0.717, 1.165) is 12.0 Å². The third-order valence-corrected chi connectivity index (χ3v) is 2.91. The van der Waals surface area contributed by atoms with Gasteiger partial charge < -0.3 is 9.64 Å². The fraction of sp³-hybridized carbons (Fsp3) is 0.417. The lowest BCUT2D eigenvalue weighted by molar-refractivity contribution is 0.112. The lowest BCUT2D eigenvalue weighted by atomic mass is 10.2. The number of ether oxygens (including phenoxy) is 1. The molecular formula is C12H16ClNO2. The molecule has 0 N–H and O–H groups in total. The summed E-state index contributed by atoms with van der Waals surface area (Å²) in [4.78, 5) is 12.7. The Hall–Kier alpha value is -1.06. The van der Waals surface area contributed by atoms with E-state index in [1.54, 1.807) is 19.2 Å². The number of carbonyl (C=O) groups is 1. The third kappa shape index (κ3) is 2.97. The average molecular weight is 242 g/mol. The van der Waals surface area contributed by atoms with Crippen molar-refractivity contribution in [1.82, 2.24) is 0 Å². The van der Waals surface area contributed by atoms with Gasteiger partial charge in [0.05, 0.1) is 11.6 Å². The average Bonchev–Trinajstić information content (AvgIpc) is 2.28. The van der Waals surface area contributed by atoms with E-state index >= 15 is 0 Å². The molecule has 1 rings (SSSR count). The molecule has 3 nitrogen and oxygen atoms in total. The monoisotopic (exact) mass is 241 g/mol. The molecule has 0 aliphatic carbocycles. The predicted molar refractivity (Wildman–Crippen MR) is 66.6 cm³/mol. The van der Waals surface area contributed by atoms with Crippen LogP contribution in [-0.4, -0.2) is 33.1 Å². The summed E-state index contributed by atoms with van der Waals surface area (Å²) >= 11 is 5.97. The van der Waals surface area contributed by atoms with Crippen LogP contribution in [0.1, 0.15) is 17.3 Å². The van der Waals surface area contributed by atoms with Gasteiger partial charge in [-0.1, -0.05) is 11.6 Å². The van der Waals surface area contributed by atoms with E-state index < -0.39 is 0 Å². The molecule has 88 valence electrons. The molecule has 0 radical (unpaired) electrons. The zero-order valence-electron chi connectivity index (χ0n) is 9.74. The first-order valence-electron chi connectivity index (χ1n) is 5.06. The zero-order chi connectivity index (χ0) is 12.1. The maximum atomic E-state index is 10.6. The Kier molecular flexibility index (Phi) is 4.77. The molecule has 0 bridgehead atoms. The first-order valence-corrected chi connectivity index (χ1v) is 5.44. The smallest absolute Gasteiger partial charge is 0.151 e. The fourth-order valence-corrected chi connectivity index (χ4v) is 1.66. The number of likely N-dealkylation sites (N-methyl/N-ethyl adjacent to an activating group) is 1. The van der Waals surface area contributed by atoms with Crippen LogP contribution in [0, 0.1) is 0 Å². The maximum absolute atomic E-state index is 10.6. The van der Waals surface area contributed by atoms with Gasteiger partial charge in [0, 0.05) is 31.5 Å². The van der Waals surface area contributed by atoms with E-state index in [0.29, 0.717) is 17.2 Å². The number of benzene rings is 1. The van der Waals surface area contributed by atoms with Crippen LogP contribution in [0.5, 0.6) is 0 Å². The number of nitrogens with zero attached hydrogens (tertiary/aromatic N) is 1. The van der Waals surface area contributed by atoms with Crippen LogP contribution in [0.4, 0.5) is 5.69 Å². The summed E-state index contributed by atoms with van der Waals surface area (Å²) in [7, 11) is 3.64. The predicted octanol–water partition coefficient (Wildman–Crippen LogP) is 2.62. The number of methoxy groups -OCH3 is 1.